The van der Waals surface area contributed by atoms with E-state index in [2.05, 4.69) is 15.5 Å². The zero-order valence-electron chi connectivity index (χ0n) is 17.3. The number of aryl methyl sites for hydroxylation is 2. The second-order valence-corrected chi connectivity index (χ2v) is 7.93. The molecule has 2 aromatic carbocycles. The highest BCUT2D eigenvalue weighted by atomic mass is 32.2. The van der Waals surface area contributed by atoms with Crippen LogP contribution in [0.15, 0.2) is 64.8 Å². The average Bonchev–Trinajstić information content (AvgIpc) is 3.19. The Hall–Kier alpha value is -3.59. The van der Waals surface area contributed by atoms with Crippen LogP contribution in [0, 0.1) is 13.8 Å². The largest absolute Gasteiger partial charge is 0.497 e. The van der Waals surface area contributed by atoms with Crippen LogP contribution in [0.5, 0.6) is 5.75 Å². The van der Waals surface area contributed by atoms with E-state index in [4.69, 9.17) is 4.74 Å². The third-order valence-corrected chi connectivity index (χ3v) is 5.86. The Morgan fingerprint density at radius 2 is 1.84 bits per heavy atom. The third kappa shape index (κ3) is 4.31. The minimum atomic E-state index is -0.271. The Kier molecular flexibility index (Phi) is 5.77. The first kappa shape index (κ1) is 20.7. The molecule has 0 saturated heterocycles. The Labute approximate surface area is 182 Å². The Bertz CT molecular complexity index is 1310. The van der Waals surface area contributed by atoms with Crippen molar-refractivity contribution < 1.29 is 9.53 Å². The maximum atomic E-state index is 12.9. The number of hydrogen-bond acceptors (Lipinski definition) is 6. The van der Waals surface area contributed by atoms with Crippen molar-refractivity contribution in [2.75, 3.05) is 18.2 Å². The predicted molar refractivity (Wildman–Crippen MR) is 120 cm³/mol. The van der Waals surface area contributed by atoms with Gasteiger partial charge in [0, 0.05) is 23.8 Å². The van der Waals surface area contributed by atoms with E-state index in [-0.39, 0.29) is 22.9 Å². The van der Waals surface area contributed by atoms with Gasteiger partial charge in [0.15, 0.2) is 5.16 Å². The Morgan fingerprint density at radius 1 is 1.06 bits per heavy atom. The summed E-state index contributed by atoms with van der Waals surface area (Å²) in [5.74, 6) is 0.664. The molecular formula is C22H21N5O3S. The second-order valence-electron chi connectivity index (χ2n) is 6.98. The van der Waals surface area contributed by atoms with Crippen LogP contribution in [0.2, 0.25) is 0 Å². The van der Waals surface area contributed by atoms with E-state index in [9.17, 15) is 9.59 Å². The van der Waals surface area contributed by atoms with Crippen molar-refractivity contribution >= 4 is 29.0 Å². The fourth-order valence-corrected chi connectivity index (χ4v) is 3.76. The van der Waals surface area contributed by atoms with Gasteiger partial charge in [-0.3, -0.25) is 18.6 Å². The lowest BCUT2D eigenvalue weighted by Gasteiger charge is -2.09. The van der Waals surface area contributed by atoms with Gasteiger partial charge < -0.3 is 10.1 Å². The Morgan fingerprint density at radius 3 is 2.55 bits per heavy atom. The van der Waals surface area contributed by atoms with E-state index in [0.717, 1.165) is 16.8 Å². The number of thioether (sulfide) groups is 1. The van der Waals surface area contributed by atoms with Gasteiger partial charge in [-0.15, -0.1) is 10.2 Å². The minimum absolute atomic E-state index is 0.132. The molecule has 0 aliphatic carbocycles. The molecule has 31 heavy (non-hydrogen) atoms. The average molecular weight is 436 g/mol. The lowest BCUT2D eigenvalue weighted by atomic mass is 10.1. The maximum Gasteiger partial charge on any atom is 0.300 e. The number of methoxy groups -OCH3 is 1. The predicted octanol–water partition coefficient (Wildman–Crippen LogP) is 3.24. The van der Waals surface area contributed by atoms with Gasteiger partial charge in [0.05, 0.1) is 12.9 Å². The van der Waals surface area contributed by atoms with Crippen LogP contribution < -0.4 is 15.6 Å². The first-order chi connectivity index (χ1) is 15.0. The quantitative estimate of drug-likeness (QED) is 0.468. The fraction of sp³-hybridized carbons (Fsp3) is 0.182. The summed E-state index contributed by atoms with van der Waals surface area (Å²) in [6.45, 7) is 4.03. The van der Waals surface area contributed by atoms with Gasteiger partial charge in [-0.2, -0.15) is 0 Å². The molecule has 2 heterocycles. The fourth-order valence-electron chi connectivity index (χ4n) is 3.04. The van der Waals surface area contributed by atoms with Crippen molar-refractivity contribution in [2.24, 2.45) is 0 Å². The highest BCUT2D eigenvalue weighted by molar-refractivity contribution is 7.99. The molecule has 8 nitrogen and oxygen atoms in total. The van der Waals surface area contributed by atoms with Crippen molar-refractivity contribution in [3.63, 3.8) is 0 Å². The van der Waals surface area contributed by atoms with E-state index in [0.29, 0.717) is 16.6 Å². The summed E-state index contributed by atoms with van der Waals surface area (Å²) in [7, 11) is 1.59. The number of carbonyl (C=O) groups excluding carboxylic acids is 1. The summed E-state index contributed by atoms with van der Waals surface area (Å²) in [5, 5.41) is 11.4. The molecule has 1 N–H and O–H groups in total. The number of ether oxygens (including phenoxy) is 1. The van der Waals surface area contributed by atoms with Gasteiger partial charge in [0.1, 0.15) is 5.75 Å². The van der Waals surface area contributed by atoms with E-state index in [1.54, 1.807) is 52.7 Å². The van der Waals surface area contributed by atoms with Crippen molar-refractivity contribution in [1.29, 1.82) is 0 Å². The first-order valence-electron chi connectivity index (χ1n) is 9.57. The maximum absolute atomic E-state index is 12.9. The van der Waals surface area contributed by atoms with Crippen molar-refractivity contribution in [3.05, 3.63) is 76.3 Å². The molecule has 0 bridgehead atoms. The summed E-state index contributed by atoms with van der Waals surface area (Å²) in [6, 6.07) is 12.9. The smallest absolute Gasteiger partial charge is 0.300 e. The van der Waals surface area contributed by atoms with Crippen LogP contribution in [0.1, 0.15) is 11.1 Å². The van der Waals surface area contributed by atoms with E-state index >= 15 is 0 Å². The molecule has 0 aliphatic rings. The highest BCUT2D eigenvalue weighted by Crippen LogP contribution is 2.19. The first-order valence-corrected chi connectivity index (χ1v) is 10.6. The molecule has 0 saturated carbocycles. The van der Waals surface area contributed by atoms with Crippen LogP contribution in [-0.2, 0) is 4.79 Å². The number of hydrogen-bond donors (Lipinski definition) is 1. The number of anilines is 1. The summed E-state index contributed by atoms with van der Waals surface area (Å²) in [6.07, 6.45) is 3.42. The number of aromatic nitrogens is 4. The number of nitrogens with zero attached hydrogens (tertiary/aromatic N) is 4. The highest BCUT2D eigenvalue weighted by Gasteiger charge is 2.14. The van der Waals surface area contributed by atoms with Gasteiger partial charge in [-0.25, -0.2) is 0 Å². The topological polar surface area (TPSA) is 90.5 Å². The Balaban J connectivity index is 1.50. The normalized spacial score (nSPS) is 10.9. The van der Waals surface area contributed by atoms with E-state index in [1.807, 2.05) is 32.0 Å². The van der Waals surface area contributed by atoms with Crippen LogP contribution in [0.3, 0.4) is 0 Å². The summed E-state index contributed by atoms with van der Waals surface area (Å²) in [4.78, 5) is 25.2. The van der Waals surface area contributed by atoms with E-state index < -0.39 is 0 Å². The zero-order valence-corrected chi connectivity index (χ0v) is 18.1. The van der Waals surface area contributed by atoms with Crippen molar-refractivity contribution in [1.82, 2.24) is 19.2 Å². The number of amides is 1. The summed E-state index contributed by atoms with van der Waals surface area (Å²) < 4.78 is 8.25. The summed E-state index contributed by atoms with van der Waals surface area (Å²) >= 11 is 1.21. The number of nitrogens with one attached hydrogen (secondary N) is 1. The molecular weight excluding hydrogens is 414 g/mol. The van der Waals surface area contributed by atoms with Crippen LogP contribution >= 0.6 is 11.8 Å². The van der Waals surface area contributed by atoms with Gasteiger partial charge in [0.2, 0.25) is 11.6 Å². The third-order valence-electron chi connectivity index (χ3n) is 4.91. The molecule has 0 aliphatic heterocycles. The van der Waals surface area contributed by atoms with Gasteiger partial charge >= 0.3 is 5.56 Å². The van der Waals surface area contributed by atoms with Crippen LogP contribution in [0.25, 0.3) is 11.3 Å². The molecule has 0 spiro atoms. The lowest BCUT2D eigenvalue weighted by molar-refractivity contribution is -0.113. The van der Waals surface area contributed by atoms with Crippen molar-refractivity contribution in [3.8, 4) is 11.4 Å². The number of benzene rings is 2. The van der Waals surface area contributed by atoms with Crippen molar-refractivity contribution in [2.45, 2.75) is 19.0 Å². The van der Waals surface area contributed by atoms with Gasteiger partial charge in [-0.05, 0) is 61.4 Å². The molecule has 4 aromatic rings. The van der Waals surface area contributed by atoms with Gasteiger partial charge in [0.25, 0.3) is 0 Å². The molecule has 0 fully saturated rings. The van der Waals surface area contributed by atoms with Gasteiger partial charge in [-0.1, -0.05) is 17.8 Å². The second kappa shape index (κ2) is 8.65. The van der Waals surface area contributed by atoms with Crippen LogP contribution in [0.4, 0.5) is 5.69 Å². The monoisotopic (exact) mass is 435 g/mol. The van der Waals surface area contributed by atoms with Crippen LogP contribution in [-0.4, -0.2) is 37.9 Å². The lowest BCUT2D eigenvalue weighted by Crippen LogP contribution is -2.20. The number of carbonyl (C=O) groups is 1. The summed E-state index contributed by atoms with van der Waals surface area (Å²) in [5.41, 5.74) is 3.64. The molecule has 0 radical (unpaired) electrons. The molecule has 158 valence electrons. The minimum Gasteiger partial charge on any atom is -0.497 e. The molecule has 4 rings (SSSR count). The van der Waals surface area contributed by atoms with E-state index in [1.165, 1.54) is 11.8 Å². The standard InChI is InChI=1S/C22H21N5O3S/c1-14-4-7-17(12-15(14)2)26-10-11-27-20(21(26)29)24-25-22(27)31-13-19(28)23-16-5-8-18(30-3)9-6-16/h4-12H,13H2,1-3H3,(H,23,28). The molecule has 0 atom stereocenters. The molecule has 0 unspecified atom stereocenters. The number of fused-ring (bicyclic) bond motifs is 1. The number of rotatable bonds is 6. The molecule has 1 amide bonds. The SMILES string of the molecule is COc1ccc(NC(=O)CSc2nnc3c(=O)n(-c4ccc(C)c(C)c4)ccn23)cc1. The molecule has 9 heteroatoms. The zero-order chi connectivity index (χ0) is 22.0. The molecule has 2 aromatic heterocycles.